The molecule has 0 N–H and O–H groups in total. The van der Waals surface area contributed by atoms with E-state index in [9.17, 15) is 9.59 Å². The molecule has 0 radical (unpaired) electrons. The highest BCUT2D eigenvalue weighted by atomic mass is 16.5. The van der Waals surface area contributed by atoms with E-state index in [0.29, 0.717) is 19.4 Å². The van der Waals surface area contributed by atoms with Crippen molar-refractivity contribution in [1.82, 2.24) is 14.7 Å². The number of nitrogens with zero attached hydrogens (tertiary/aromatic N) is 3. The zero-order valence-corrected chi connectivity index (χ0v) is 18.9. The zero-order valence-electron chi connectivity index (χ0n) is 18.9. The first-order chi connectivity index (χ1) is 15.6. The lowest BCUT2D eigenvalue weighted by molar-refractivity contribution is -0.135. The Bertz CT molecular complexity index is 981. The van der Waals surface area contributed by atoms with Crippen LogP contribution in [0.2, 0.25) is 0 Å². The van der Waals surface area contributed by atoms with Gasteiger partial charge in [0.05, 0.1) is 13.7 Å². The highest BCUT2D eigenvalue weighted by molar-refractivity contribution is 6.07. The number of benzene rings is 2. The van der Waals surface area contributed by atoms with Crippen LogP contribution in [-0.4, -0.2) is 65.5 Å². The summed E-state index contributed by atoms with van der Waals surface area (Å²) < 4.78 is 5.29. The predicted molar refractivity (Wildman–Crippen MR) is 125 cm³/mol. The van der Waals surface area contributed by atoms with Gasteiger partial charge in [0.1, 0.15) is 11.3 Å². The number of hydrogen-bond donors (Lipinski definition) is 0. The van der Waals surface area contributed by atoms with Crippen molar-refractivity contribution in [2.75, 3.05) is 33.3 Å². The highest BCUT2D eigenvalue weighted by Gasteiger charge is 2.57. The molecule has 0 saturated carbocycles. The molecule has 2 aromatic carbocycles. The predicted octanol–water partition coefficient (Wildman–Crippen LogP) is 4.03. The van der Waals surface area contributed by atoms with Crippen molar-refractivity contribution in [1.29, 1.82) is 0 Å². The summed E-state index contributed by atoms with van der Waals surface area (Å²) in [6.45, 7) is 5.19. The number of carbonyl (C=O) groups excluding carboxylic acids is 2. The summed E-state index contributed by atoms with van der Waals surface area (Å²) in [5.74, 6) is 0.659. The van der Waals surface area contributed by atoms with Crippen LogP contribution in [0.1, 0.15) is 30.9 Å². The standard InChI is InChI=1S/C26H31N3O3/c1-3-29-25(31)28(20-22-11-7-13-23(19-22)32-2)24(30)26(29)14-17-27(18-15-26)16-8-12-21-9-5-4-6-10-21/h4-13,19H,3,14-18,20H2,1-2H3. The molecule has 2 aliphatic rings. The number of rotatable bonds is 7. The molecule has 2 fully saturated rings. The van der Waals surface area contributed by atoms with E-state index in [-0.39, 0.29) is 18.5 Å². The van der Waals surface area contributed by atoms with E-state index in [1.54, 1.807) is 12.0 Å². The Morgan fingerprint density at radius 2 is 1.78 bits per heavy atom. The van der Waals surface area contributed by atoms with Gasteiger partial charge in [0.25, 0.3) is 5.91 Å². The topological polar surface area (TPSA) is 53.1 Å². The number of amides is 3. The van der Waals surface area contributed by atoms with Crippen molar-refractivity contribution in [3.05, 3.63) is 71.8 Å². The van der Waals surface area contributed by atoms with Gasteiger partial charge in [0, 0.05) is 26.2 Å². The number of carbonyl (C=O) groups is 2. The number of hydrogen-bond acceptors (Lipinski definition) is 4. The van der Waals surface area contributed by atoms with Crippen LogP contribution in [0.3, 0.4) is 0 Å². The maximum atomic E-state index is 13.5. The van der Waals surface area contributed by atoms with Crippen LogP contribution >= 0.6 is 0 Å². The lowest BCUT2D eigenvalue weighted by Gasteiger charge is -2.41. The first-order valence-electron chi connectivity index (χ1n) is 11.3. The number of imide groups is 1. The molecule has 2 aromatic rings. The number of likely N-dealkylation sites (tertiary alicyclic amines) is 1. The van der Waals surface area contributed by atoms with Crippen molar-refractivity contribution in [3.8, 4) is 5.75 Å². The summed E-state index contributed by atoms with van der Waals surface area (Å²) in [6, 6.07) is 17.6. The van der Waals surface area contributed by atoms with E-state index in [1.807, 2.05) is 49.4 Å². The van der Waals surface area contributed by atoms with Crippen LogP contribution in [0.4, 0.5) is 4.79 Å². The van der Waals surface area contributed by atoms with E-state index in [1.165, 1.54) is 10.5 Å². The smallest absolute Gasteiger partial charge is 0.327 e. The quantitative estimate of drug-likeness (QED) is 0.619. The fraction of sp³-hybridized carbons (Fsp3) is 0.385. The molecular formula is C26H31N3O3. The summed E-state index contributed by atoms with van der Waals surface area (Å²) >= 11 is 0. The summed E-state index contributed by atoms with van der Waals surface area (Å²) in [5.41, 5.74) is 1.36. The number of urea groups is 1. The summed E-state index contributed by atoms with van der Waals surface area (Å²) in [4.78, 5) is 32.2. The van der Waals surface area contributed by atoms with Gasteiger partial charge in [-0.15, -0.1) is 0 Å². The minimum atomic E-state index is -0.718. The molecule has 1 spiro atoms. The van der Waals surface area contributed by atoms with Gasteiger partial charge in [0.2, 0.25) is 0 Å². The van der Waals surface area contributed by atoms with Crippen LogP contribution < -0.4 is 4.74 Å². The third-order valence-corrected chi connectivity index (χ3v) is 6.57. The van der Waals surface area contributed by atoms with Crippen molar-refractivity contribution >= 4 is 18.0 Å². The zero-order chi connectivity index (χ0) is 22.6. The van der Waals surface area contributed by atoms with Crippen LogP contribution in [0, 0.1) is 0 Å². The molecule has 0 bridgehead atoms. The molecule has 2 aliphatic heterocycles. The Kier molecular flexibility index (Phi) is 6.61. The van der Waals surface area contributed by atoms with Gasteiger partial charge in [-0.2, -0.15) is 0 Å². The molecule has 32 heavy (non-hydrogen) atoms. The van der Waals surface area contributed by atoms with E-state index < -0.39 is 5.54 Å². The van der Waals surface area contributed by atoms with Gasteiger partial charge >= 0.3 is 6.03 Å². The molecule has 6 heteroatoms. The minimum absolute atomic E-state index is 0.0633. The molecule has 0 atom stereocenters. The van der Waals surface area contributed by atoms with Crippen molar-refractivity contribution in [3.63, 3.8) is 0 Å². The van der Waals surface area contributed by atoms with E-state index >= 15 is 0 Å². The lowest BCUT2D eigenvalue weighted by atomic mass is 9.85. The molecule has 168 valence electrons. The largest absolute Gasteiger partial charge is 0.497 e. The highest BCUT2D eigenvalue weighted by Crippen LogP contribution is 2.38. The SMILES string of the molecule is CCN1C(=O)N(Cc2cccc(OC)c2)C(=O)C12CCN(CC=Cc1ccccc1)CC2. The maximum absolute atomic E-state index is 13.5. The molecule has 0 aromatic heterocycles. The average Bonchev–Trinajstić information content (AvgIpc) is 3.02. The van der Waals surface area contributed by atoms with Gasteiger partial charge in [-0.3, -0.25) is 14.6 Å². The number of likely N-dealkylation sites (N-methyl/N-ethyl adjacent to an activating group) is 1. The molecule has 0 aliphatic carbocycles. The Balaban J connectivity index is 1.42. The van der Waals surface area contributed by atoms with Gasteiger partial charge in [0.15, 0.2) is 0 Å². The average molecular weight is 434 g/mol. The molecule has 6 nitrogen and oxygen atoms in total. The molecular weight excluding hydrogens is 402 g/mol. The van der Waals surface area contributed by atoms with E-state index in [0.717, 1.165) is 30.9 Å². The second-order valence-corrected chi connectivity index (χ2v) is 8.41. The van der Waals surface area contributed by atoms with Crippen LogP contribution in [0.5, 0.6) is 5.75 Å². The summed E-state index contributed by atoms with van der Waals surface area (Å²) in [7, 11) is 1.61. The van der Waals surface area contributed by atoms with Crippen LogP contribution in [0.25, 0.3) is 6.08 Å². The van der Waals surface area contributed by atoms with Gasteiger partial charge in [-0.25, -0.2) is 4.79 Å². The minimum Gasteiger partial charge on any atom is -0.497 e. The normalized spacial score (nSPS) is 18.8. The number of methoxy groups -OCH3 is 1. The maximum Gasteiger partial charge on any atom is 0.327 e. The molecule has 2 saturated heterocycles. The molecule has 4 rings (SSSR count). The van der Waals surface area contributed by atoms with Crippen LogP contribution in [-0.2, 0) is 11.3 Å². The van der Waals surface area contributed by atoms with E-state index in [2.05, 4.69) is 29.2 Å². The first-order valence-corrected chi connectivity index (χ1v) is 11.3. The van der Waals surface area contributed by atoms with Gasteiger partial charge in [-0.1, -0.05) is 54.6 Å². The second kappa shape index (κ2) is 9.57. The Morgan fingerprint density at radius 1 is 1.03 bits per heavy atom. The fourth-order valence-corrected chi connectivity index (χ4v) is 4.80. The Morgan fingerprint density at radius 3 is 2.47 bits per heavy atom. The van der Waals surface area contributed by atoms with Gasteiger partial charge in [-0.05, 0) is 43.0 Å². The molecule has 0 unspecified atom stereocenters. The van der Waals surface area contributed by atoms with Gasteiger partial charge < -0.3 is 9.64 Å². The monoisotopic (exact) mass is 433 g/mol. The number of ether oxygens (including phenoxy) is 1. The fourth-order valence-electron chi connectivity index (χ4n) is 4.80. The van der Waals surface area contributed by atoms with Crippen molar-refractivity contribution < 1.29 is 14.3 Å². The Hall–Kier alpha value is -3.12. The van der Waals surface area contributed by atoms with E-state index in [4.69, 9.17) is 4.74 Å². The molecule has 2 heterocycles. The van der Waals surface area contributed by atoms with Crippen molar-refractivity contribution in [2.24, 2.45) is 0 Å². The summed E-state index contributed by atoms with van der Waals surface area (Å²) in [6.07, 6.45) is 5.63. The first kappa shape index (κ1) is 22.1. The van der Waals surface area contributed by atoms with Crippen molar-refractivity contribution in [2.45, 2.75) is 31.8 Å². The Labute approximate surface area is 190 Å². The summed E-state index contributed by atoms with van der Waals surface area (Å²) in [5, 5.41) is 0. The number of piperidine rings is 1. The second-order valence-electron chi connectivity index (χ2n) is 8.41. The third-order valence-electron chi connectivity index (χ3n) is 6.57. The van der Waals surface area contributed by atoms with Crippen LogP contribution in [0.15, 0.2) is 60.7 Å². The third kappa shape index (κ3) is 4.28. The lowest BCUT2D eigenvalue weighted by Crippen LogP contribution is -2.56. The molecule has 3 amide bonds.